The quantitative estimate of drug-likeness (QED) is 0.490. The van der Waals surface area contributed by atoms with E-state index in [4.69, 9.17) is 0 Å². The minimum atomic E-state index is -0.0939. The first-order chi connectivity index (χ1) is 11.2. The number of hydrogen-bond acceptors (Lipinski definition) is 4. The molecule has 0 radical (unpaired) electrons. The standard InChI is InChI=1S/C18H17N3OS/c1-3-21-16-7-5-4-6-15(16)17(18(21)22)20-19-12-13-8-10-14(23-2)11-9-13/h4-12H,3H2,1-2H3/b19-12-,20-17+. The summed E-state index contributed by atoms with van der Waals surface area (Å²) in [6.07, 6.45) is 3.71. The fraction of sp³-hybridized carbons (Fsp3) is 0.167. The summed E-state index contributed by atoms with van der Waals surface area (Å²) in [6.45, 7) is 2.57. The summed E-state index contributed by atoms with van der Waals surface area (Å²) in [7, 11) is 0. The number of likely N-dealkylation sites (N-methyl/N-ethyl adjacent to an activating group) is 1. The minimum Gasteiger partial charge on any atom is -0.307 e. The molecule has 116 valence electrons. The number of hydrogen-bond donors (Lipinski definition) is 0. The smallest absolute Gasteiger partial charge is 0.279 e. The second-order valence-electron chi connectivity index (χ2n) is 5.03. The lowest BCUT2D eigenvalue weighted by atomic mass is 10.1. The van der Waals surface area contributed by atoms with Gasteiger partial charge < -0.3 is 4.90 Å². The molecule has 4 nitrogen and oxygen atoms in total. The predicted molar refractivity (Wildman–Crippen MR) is 96.8 cm³/mol. The molecule has 2 aromatic carbocycles. The van der Waals surface area contributed by atoms with Gasteiger partial charge in [-0.3, -0.25) is 4.79 Å². The maximum Gasteiger partial charge on any atom is 0.279 e. The van der Waals surface area contributed by atoms with Gasteiger partial charge in [0.25, 0.3) is 5.91 Å². The van der Waals surface area contributed by atoms with Crippen LogP contribution in [0.25, 0.3) is 0 Å². The molecule has 1 amide bonds. The van der Waals surface area contributed by atoms with Gasteiger partial charge in [0.1, 0.15) is 0 Å². The van der Waals surface area contributed by atoms with Crippen molar-refractivity contribution < 1.29 is 4.79 Å². The SMILES string of the molecule is CCN1C(=O)/C(=N/N=C\c2ccc(SC)cc2)c2ccccc21. The molecule has 0 fully saturated rings. The zero-order valence-corrected chi connectivity index (χ0v) is 13.9. The van der Waals surface area contributed by atoms with Gasteiger partial charge in [-0.25, -0.2) is 0 Å². The summed E-state index contributed by atoms with van der Waals surface area (Å²) in [4.78, 5) is 15.4. The van der Waals surface area contributed by atoms with Crippen LogP contribution in [0.1, 0.15) is 18.1 Å². The van der Waals surface area contributed by atoms with Crippen LogP contribution in [0.5, 0.6) is 0 Å². The number of carbonyl (C=O) groups is 1. The van der Waals surface area contributed by atoms with Crippen LogP contribution in [0.2, 0.25) is 0 Å². The van der Waals surface area contributed by atoms with E-state index < -0.39 is 0 Å². The third-order valence-corrected chi connectivity index (χ3v) is 4.44. The van der Waals surface area contributed by atoms with Crippen LogP contribution in [0.4, 0.5) is 5.69 Å². The Labute approximate surface area is 139 Å². The number of benzene rings is 2. The molecule has 0 atom stereocenters. The molecule has 0 saturated carbocycles. The van der Waals surface area contributed by atoms with E-state index >= 15 is 0 Å². The van der Waals surface area contributed by atoms with Crippen LogP contribution in [0.3, 0.4) is 0 Å². The summed E-state index contributed by atoms with van der Waals surface area (Å²) in [5.41, 5.74) is 3.10. The van der Waals surface area contributed by atoms with E-state index in [0.29, 0.717) is 12.3 Å². The second-order valence-corrected chi connectivity index (χ2v) is 5.91. The average molecular weight is 323 g/mol. The van der Waals surface area contributed by atoms with Crippen LogP contribution >= 0.6 is 11.8 Å². The zero-order chi connectivity index (χ0) is 16.2. The monoisotopic (exact) mass is 323 g/mol. The molecule has 5 heteroatoms. The molecule has 0 aliphatic carbocycles. The summed E-state index contributed by atoms with van der Waals surface area (Å²) in [5, 5.41) is 8.28. The molecule has 0 unspecified atom stereocenters. The van der Waals surface area contributed by atoms with Crippen LogP contribution in [0.15, 0.2) is 63.6 Å². The molecule has 1 aliphatic heterocycles. The summed E-state index contributed by atoms with van der Waals surface area (Å²) >= 11 is 1.69. The van der Waals surface area contributed by atoms with E-state index in [0.717, 1.165) is 16.8 Å². The lowest BCUT2D eigenvalue weighted by Crippen LogP contribution is -2.29. The highest BCUT2D eigenvalue weighted by Gasteiger charge is 2.32. The molecule has 0 N–H and O–H groups in total. The summed E-state index contributed by atoms with van der Waals surface area (Å²) in [6, 6.07) is 15.7. The predicted octanol–water partition coefficient (Wildman–Crippen LogP) is 3.60. The number of anilines is 1. The Morgan fingerprint density at radius 3 is 2.57 bits per heavy atom. The number of thioether (sulfide) groups is 1. The van der Waals surface area contributed by atoms with E-state index in [2.05, 4.69) is 10.2 Å². The molecule has 2 aromatic rings. The highest BCUT2D eigenvalue weighted by Crippen LogP contribution is 2.28. The van der Waals surface area contributed by atoms with E-state index in [-0.39, 0.29) is 5.91 Å². The molecule has 0 spiro atoms. The number of rotatable bonds is 4. The first kappa shape index (κ1) is 15.5. The van der Waals surface area contributed by atoms with Gasteiger partial charge >= 0.3 is 0 Å². The number of fused-ring (bicyclic) bond motifs is 1. The topological polar surface area (TPSA) is 45.0 Å². The van der Waals surface area contributed by atoms with Crippen molar-refractivity contribution in [2.45, 2.75) is 11.8 Å². The van der Waals surface area contributed by atoms with E-state index in [1.807, 2.05) is 61.7 Å². The fourth-order valence-electron chi connectivity index (χ4n) is 2.52. The normalized spacial score (nSPS) is 15.7. The van der Waals surface area contributed by atoms with Crippen molar-refractivity contribution >= 4 is 35.3 Å². The Bertz CT molecular complexity index is 781. The van der Waals surface area contributed by atoms with Crippen molar-refractivity contribution in [2.24, 2.45) is 10.2 Å². The number of amides is 1. The number of para-hydroxylation sites is 1. The van der Waals surface area contributed by atoms with Crippen molar-refractivity contribution in [3.63, 3.8) is 0 Å². The maximum atomic E-state index is 12.4. The van der Waals surface area contributed by atoms with Crippen molar-refractivity contribution in [3.05, 3.63) is 59.7 Å². The summed E-state index contributed by atoms with van der Waals surface area (Å²) < 4.78 is 0. The minimum absolute atomic E-state index is 0.0939. The number of carbonyl (C=O) groups excluding carboxylic acids is 1. The van der Waals surface area contributed by atoms with E-state index in [1.54, 1.807) is 22.9 Å². The van der Waals surface area contributed by atoms with Crippen LogP contribution < -0.4 is 4.90 Å². The lowest BCUT2D eigenvalue weighted by Gasteiger charge is -2.12. The average Bonchev–Trinajstić information content (AvgIpc) is 2.87. The van der Waals surface area contributed by atoms with E-state index in [1.165, 1.54) is 4.90 Å². The molecular formula is C18H17N3OS. The van der Waals surface area contributed by atoms with Crippen molar-refractivity contribution in [2.75, 3.05) is 17.7 Å². The molecule has 3 rings (SSSR count). The largest absolute Gasteiger partial charge is 0.307 e. The van der Waals surface area contributed by atoms with Crippen molar-refractivity contribution in [1.29, 1.82) is 0 Å². The second kappa shape index (κ2) is 6.79. The Balaban J connectivity index is 1.87. The fourth-order valence-corrected chi connectivity index (χ4v) is 2.92. The van der Waals surface area contributed by atoms with Gasteiger partial charge in [0, 0.05) is 17.0 Å². The van der Waals surface area contributed by atoms with Gasteiger partial charge in [-0.15, -0.1) is 16.9 Å². The van der Waals surface area contributed by atoms with Gasteiger partial charge in [-0.1, -0.05) is 30.3 Å². The molecule has 0 aromatic heterocycles. The first-order valence-electron chi connectivity index (χ1n) is 7.41. The first-order valence-corrected chi connectivity index (χ1v) is 8.63. The Morgan fingerprint density at radius 2 is 1.87 bits per heavy atom. The molecule has 0 saturated heterocycles. The van der Waals surface area contributed by atoms with Gasteiger partial charge in [-0.2, -0.15) is 5.10 Å². The summed E-state index contributed by atoms with van der Waals surface area (Å²) in [5.74, 6) is -0.0939. The molecule has 1 heterocycles. The molecule has 23 heavy (non-hydrogen) atoms. The van der Waals surface area contributed by atoms with Gasteiger partial charge in [0.05, 0.1) is 11.9 Å². The van der Waals surface area contributed by atoms with Crippen LogP contribution in [-0.2, 0) is 4.79 Å². The van der Waals surface area contributed by atoms with E-state index in [9.17, 15) is 4.79 Å². The van der Waals surface area contributed by atoms with Crippen LogP contribution in [-0.4, -0.2) is 30.6 Å². The third kappa shape index (κ3) is 3.05. The van der Waals surface area contributed by atoms with Crippen molar-refractivity contribution in [3.8, 4) is 0 Å². The highest BCUT2D eigenvalue weighted by atomic mass is 32.2. The van der Waals surface area contributed by atoms with Crippen molar-refractivity contribution in [1.82, 2.24) is 0 Å². The Kier molecular flexibility index (Phi) is 4.57. The van der Waals surface area contributed by atoms with Gasteiger partial charge in [-0.05, 0) is 36.9 Å². The molecule has 0 bridgehead atoms. The van der Waals surface area contributed by atoms with Crippen LogP contribution in [0, 0.1) is 0 Å². The zero-order valence-electron chi connectivity index (χ0n) is 13.1. The Hall–Kier alpha value is -2.40. The maximum absolute atomic E-state index is 12.4. The lowest BCUT2D eigenvalue weighted by molar-refractivity contribution is -0.112. The third-order valence-electron chi connectivity index (χ3n) is 3.69. The molecular weight excluding hydrogens is 306 g/mol. The van der Waals surface area contributed by atoms with Gasteiger partial charge in [0.15, 0.2) is 5.71 Å². The Morgan fingerprint density at radius 1 is 1.13 bits per heavy atom. The van der Waals surface area contributed by atoms with Gasteiger partial charge in [0.2, 0.25) is 0 Å². The number of nitrogens with zero attached hydrogens (tertiary/aromatic N) is 3. The highest BCUT2D eigenvalue weighted by molar-refractivity contribution is 7.98. The molecule has 1 aliphatic rings.